The summed E-state index contributed by atoms with van der Waals surface area (Å²) >= 11 is 0. The van der Waals surface area contributed by atoms with Crippen LogP contribution in [-0.4, -0.2) is 18.1 Å². The zero-order valence-electron chi connectivity index (χ0n) is 6.70. The van der Waals surface area contributed by atoms with Crippen molar-refractivity contribution in [3.63, 3.8) is 0 Å². The number of hydrogen-bond donors (Lipinski definition) is 0. The first-order valence-electron chi connectivity index (χ1n) is 4.01. The van der Waals surface area contributed by atoms with Gasteiger partial charge < -0.3 is 4.90 Å². The van der Waals surface area contributed by atoms with Gasteiger partial charge in [0, 0.05) is 19.3 Å². The molecule has 1 aromatic heterocycles. The van der Waals surface area contributed by atoms with Gasteiger partial charge in [-0.15, -0.1) is 0 Å². The zero-order chi connectivity index (χ0) is 8.39. The molecule has 1 aromatic rings. The Kier molecular flexibility index (Phi) is 1.67. The Balaban J connectivity index is 2.35. The molecule has 0 bridgehead atoms. The fraction of sp³-hybridized carbons (Fsp3) is 0.333. The molecule has 0 aliphatic carbocycles. The SMILES string of the molecule is N#Cc1ccncc1N1CCC1. The average molecular weight is 159 g/mol. The fourth-order valence-electron chi connectivity index (χ4n) is 1.29. The number of anilines is 1. The number of nitrogens with zero attached hydrogens (tertiary/aromatic N) is 3. The molecule has 1 fully saturated rings. The summed E-state index contributed by atoms with van der Waals surface area (Å²) in [6.45, 7) is 2.11. The summed E-state index contributed by atoms with van der Waals surface area (Å²) in [5.41, 5.74) is 1.70. The molecule has 2 heterocycles. The largest absolute Gasteiger partial charge is 0.369 e. The van der Waals surface area contributed by atoms with Crippen LogP contribution in [0.4, 0.5) is 5.69 Å². The quantitative estimate of drug-likeness (QED) is 0.617. The van der Waals surface area contributed by atoms with Gasteiger partial charge in [0.2, 0.25) is 0 Å². The Bertz CT molecular complexity index is 323. The third-order valence-electron chi connectivity index (χ3n) is 2.12. The molecule has 1 saturated heterocycles. The zero-order valence-corrected chi connectivity index (χ0v) is 6.70. The van der Waals surface area contributed by atoms with Crippen molar-refractivity contribution in [3.05, 3.63) is 24.0 Å². The Morgan fingerprint density at radius 1 is 1.50 bits per heavy atom. The van der Waals surface area contributed by atoms with Crippen molar-refractivity contribution in [2.45, 2.75) is 6.42 Å². The van der Waals surface area contributed by atoms with Gasteiger partial charge in [0.25, 0.3) is 0 Å². The van der Waals surface area contributed by atoms with Crippen molar-refractivity contribution in [1.29, 1.82) is 5.26 Å². The van der Waals surface area contributed by atoms with Crippen molar-refractivity contribution in [1.82, 2.24) is 4.98 Å². The predicted octanol–water partition coefficient (Wildman–Crippen LogP) is 1.16. The molecule has 0 radical (unpaired) electrons. The topological polar surface area (TPSA) is 39.9 Å². The Hall–Kier alpha value is -1.56. The summed E-state index contributed by atoms with van der Waals surface area (Å²) in [5.74, 6) is 0. The minimum Gasteiger partial charge on any atom is -0.369 e. The monoisotopic (exact) mass is 159 g/mol. The molecule has 0 aromatic carbocycles. The van der Waals surface area contributed by atoms with Gasteiger partial charge in [-0.2, -0.15) is 5.26 Å². The second kappa shape index (κ2) is 2.82. The van der Waals surface area contributed by atoms with E-state index < -0.39 is 0 Å². The van der Waals surface area contributed by atoms with E-state index in [2.05, 4.69) is 16.0 Å². The van der Waals surface area contributed by atoms with Crippen molar-refractivity contribution >= 4 is 5.69 Å². The smallest absolute Gasteiger partial charge is 0.101 e. The Labute approximate surface area is 71.3 Å². The molecule has 0 atom stereocenters. The van der Waals surface area contributed by atoms with E-state index in [0.717, 1.165) is 24.3 Å². The summed E-state index contributed by atoms with van der Waals surface area (Å²) < 4.78 is 0. The first-order valence-corrected chi connectivity index (χ1v) is 4.01. The minimum atomic E-state index is 0.727. The molecule has 3 nitrogen and oxygen atoms in total. The standard InChI is InChI=1S/C9H9N3/c10-6-8-2-3-11-7-9(8)12-4-1-5-12/h2-3,7H,1,4-5H2. The van der Waals surface area contributed by atoms with E-state index >= 15 is 0 Å². The highest BCUT2D eigenvalue weighted by atomic mass is 15.2. The third kappa shape index (κ3) is 1.02. The van der Waals surface area contributed by atoms with Crippen LogP contribution in [0.1, 0.15) is 12.0 Å². The van der Waals surface area contributed by atoms with Gasteiger partial charge in [0.1, 0.15) is 6.07 Å². The van der Waals surface area contributed by atoms with Crippen LogP contribution < -0.4 is 4.90 Å². The number of rotatable bonds is 1. The maximum atomic E-state index is 8.78. The number of aromatic nitrogens is 1. The highest BCUT2D eigenvalue weighted by Crippen LogP contribution is 2.22. The van der Waals surface area contributed by atoms with E-state index in [1.54, 1.807) is 18.5 Å². The summed E-state index contributed by atoms with van der Waals surface area (Å²) in [6.07, 6.45) is 4.64. The lowest BCUT2D eigenvalue weighted by Crippen LogP contribution is -2.37. The van der Waals surface area contributed by atoms with Crippen molar-refractivity contribution in [2.24, 2.45) is 0 Å². The number of hydrogen-bond acceptors (Lipinski definition) is 3. The van der Waals surface area contributed by atoms with Crippen LogP contribution in [0, 0.1) is 11.3 Å². The van der Waals surface area contributed by atoms with Crippen LogP contribution in [0.25, 0.3) is 0 Å². The molecule has 1 aliphatic heterocycles. The van der Waals surface area contributed by atoms with E-state index in [4.69, 9.17) is 5.26 Å². The first kappa shape index (κ1) is 7.11. The molecule has 0 N–H and O–H groups in total. The van der Waals surface area contributed by atoms with Gasteiger partial charge in [-0.05, 0) is 12.5 Å². The average Bonchev–Trinajstić information content (AvgIpc) is 2.02. The van der Waals surface area contributed by atoms with Crippen molar-refractivity contribution in [3.8, 4) is 6.07 Å². The van der Waals surface area contributed by atoms with Gasteiger partial charge in [0.15, 0.2) is 0 Å². The lowest BCUT2D eigenvalue weighted by atomic mass is 10.1. The molecule has 2 rings (SSSR count). The molecule has 0 unspecified atom stereocenters. The van der Waals surface area contributed by atoms with Crippen LogP contribution in [0.5, 0.6) is 0 Å². The van der Waals surface area contributed by atoms with Crippen molar-refractivity contribution in [2.75, 3.05) is 18.0 Å². The molecule has 60 valence electrons. The lowest BCUT2D eigenvalue weighted by Gasteiger charge is -2.33. The Morgan fingerprint density at radius 2 is 2.33 bits per heavy atom. The van der Waals surface area contributed by atoms with Crippen LogP contribution in [0.3, 0.4) is 0 Å². The molecule has 12 heavy (non-hydrogen) atoms. The van der Waals surface area contributed by atoms with E-state index in [1.165, 1.54) is 6.42 Å². The Morgan fingerprint density at radius 3 is 2.92 bits per heavy atom. The maximum Gasteiger partial charge on any atom is 0.101 e. The maximum absolute atomic E-state index is 8.78. The van der Waals surface area contributed by atoms with Crippen LogP contribution in [-0.2, 0) is 0 Å². The molecule has 1 aliphatic rings. The molecule has 0 spiro atoms. The summed E-state index contributed by atoms with van der Waals surface area (Å²) in [6, 6.07) is 3.92. The van der Waals surface area contributed by atoms with Crippen LogP contribution >= 0.6 is 0 Å². The normalized spacial score (nSPS) is 15.1. The van der Waals surface area contributed by atoms with Crippen LogP contribution in [0.2, 0.25) is 0 Å². The first-order chi connectivity index (χ1) is 5.92. The summed E-state index contributed by atoms with van der Waals surface area (Å²) in [4.78, 5) is 6.18. The second-order valence-corrected chi connectivity index (χ2v) is 2.85. The van der Waals surface area contributed by atoms with E-state index in [9.17, 15) is 0 Å². The highest BCUT2D eigenvalue weighted by Gasteiger charge is 2.17. The predicted molar refractivity (Wildman–Crippen MR) is 45.8 cm³/mol. The molecule has 0 amide bonds. The fourth-order valence-corrected chi connectivity index (χ4v) is 1.29. The van der Waals surface area contributed by atoms with Gasteiger partial charge in [-0.3, -0.25) is 4.98 Å². The second-order valence-electron chi connectivity index (χ2n) is 2.85. The van der Waals surface area contributed by atoms with Gasteiger partial charge in [0.05, 0.1) is 17.4 Å². The highest BCUT2D eigenvalue weighted by molar-refractivity contribution is 5.58. The van der Waals surface area contributed by atoms with E-state index in [0.29, 0.717) is 0 Å². The van der Waals surface area contributed by atoms with Crippen molar-refractivity contribution < 1.29 is 0 Å². The van der Waals surface area contributed by atoms with Crippen LogP contribution in [0.15, 0.2) is 18.5 Å². The lowest BCUT2D eigenvalue weighted by molar-refractivity contribution is 0.616. The van der Waals surface area contributed by atoms with Gasteiger partial charge in [-0.25, -0.2) is 0 Å². The van der Waals surface area contributed by atoms with Gasteiger partial charge >= 0.3 is 0 Å². The molecular formula is C9H9N3. The summed E-state index contributed by atoms with van der Waals surface area (Å²) in [5, 5.41) is 8.78. The van der Waals surface area contributed by atoms with Gasteiger partial charge in [-0.1, -0.05) is 0 Å². The summed E-state index contributed by atoms with van der Waals surface area (Å²) in [7, 11) is 0. The van der Waals surface area contributed by atoms with E-state index in [-0.39, 0.29) is 0 Å². The molecular weight excluding hydrogens is 150 g/mol. The third-order valence-corrected chi connectivity index (χ3v) is 2.12. The molecule has 0 saturated carbocycles. The number of pyridine rings is 1. The minimum absolute atomic E-state index is 0.727. The number of nitriles is 1. The molecule has 3 heteroatoms. The van der Waals surface area contributed by atoms with E-state index in [1.807, 2.05) is 0 Å².